The second-order valence-electron chi connectivity index (χ2n) is 8.11. The summed E-state index contributed by atoms with van der Waals surface area (Å²) in [4.78, 5) is 12.3. The van der Waals surface area contributed by atoms with Crippen LogP contribution in [-0.4, -0.2) is 47.1 Å². The molecule has 31 heavy (non-hydrogen) atoms. The molecule has 1 heterocycles. The fraction of sp³-hybridized carbons (Fsp3) is 0.435. The average molecular weight is 464 g/mol. The van der Waals surface area contributed by atoms with Crippen LogP contribution in [0.2, 0.25) is 0 Å². The van der Waals surface area contributed by atoms with Gasteiger partial charge in [-0.3, -0.25) is 0 Å². The van der Waals surface area contributed by atoms with Crippen LogP contribution in [0.5, 0.6) is 5.75 Å². The predicted molar refractivity (Wildman–Crippen MR) is 123 cm³/mol. The number of rotatable bonds is 10. The molecule has 0 radical (unpaired) electrons. The number of thioether (sulfide) groups is 1. The van der Waals surface area contributed by atoms with Gasteiger partial charge in [-0.05, 0) is 56.0 Å². The summed E-state index contributed by atoms with van der Waals surface area (Å²) in [6.45, 7) is 5.87. The Morgan fingerprint density at radius 1 is 1.16 bits per heavy atom. The molecule has 1 aliphatic rings. The number of sulfonamides is 1. The minimum atomic E-state index is -3.44. The van der Waals surface area contributed by atoms with Gasteiger partial charge in [-0.15, -0.1) is 11.8 Å². The van der Waals surface area contributed by atoms with Crippen molar-refractivity contribution in [2.75, 3.05) is 13.1 Å². The van der Waals surface area contributed by atoms with Crippen molar-refractivity contribution in [3.63, 3.8) is 0 Å². The van der Waals surface area contributed by atoms with Crippen molar-refractivity contribution in [3.8, 4) is 5.75 Å². The van der Waals surface area contributed by atoms with Crippen LogP contribution in [0.3, 0.4) is 0 Å². The van der Waals surface area contributed by atoms with Gasteiger partial charge < -0.3 is 9.84 Å². The molecule has 168 valence electrons. The number of hydrogen-bond donors (Lipinski definition) is 1. The molecule has 0 saturated heterocycles. The van der Waals surface area contributed by atoms with Crippen LogP contribution >= 0.6 is 11.8 Å². The molecule has 1 unspecified atom stereocenters. The van der Waals surface area contributed by atoms with Crippen LogP contribution < -0.4 is 4.74 Å². The minimum absolute atomic E-state index is 0.407. The van der Waals surface area contributed by atoms with Gasteiger partial charge in [0, 0.05) is 24.4 Å². The molecular weight excluding hydrogens is 434 g/mol. The summed E-state index contributed by atoms with van der Waals surface area (Å²) in [5.74, 6) is -0.571. The molecule has 1 N–H and O–H groups in total. The SMILES string of the molecule is CCCN(CCc1ccc(OC(C)(C)C(=O)O)cc1)S(=O)(=O)C1Cc2ccccc2S1. The summed E-state index contributed by atoms with van der Waals surface area (Å²) >= 11 is 1.43. The number of aliphatic carboxylic acids is 1. The highest BCUT2D eigenvalue weighted by molar-refractivity contribution is 8.13. The molecule has 0 saturated carbocycles. The number of ether oxygens (including phenoxy) is 1. The highest BCUT2D eigenvalue weighted by atomic mass is 32.3. The largest absolute Gasteiger partial charge is 0.478 e. The summed E-state index contributed by atoms with van der Waals surface area (Å²) in [7, 11) is -3.44. The van der Waals surface area contributed by atoms with E-state index >= 15 is 0 Å². The smallest absolute Gasteiger partial charge is 0.347 e. The van der Waals surface area contributed by atoms with Crippen LogP contribution in [-0.2, 0) is 27.7 Å². The Hall–Kier alpha value is -2.03. The fourth-order valence-electron chi connectivity index (χ4n) is 3.41. The van der Waals surface area contributed by atoms with E-state index in [1.807, 2.05) is 43.3 Å². The molecule has 2 aromatic rings. The Balaban J connectivity index is 1.65. The summed E-state index contributed by atoms with van der Waals surface area (Å²) in [5, 5.41) is 9.19. The Morgan fingerprint density at radius 2 is 1.84 bits per heavy atom. The summed E-state index contributed by atoms with van der Waals surface area (Å²) in [6, 6.07) is 15.0. The zero-order chi connectivity index (χ0) is 22.6. The monoisotopic (exact) mass is 463 g/mol. The lowest BCUT2D eigenvalue weighted by atomic mass is 10.1. The van der Waals surface area contributed by atoms with Gasteiger partial charge in [0.05, 0.1) is 0 Å². The van der Waals surface area contributed by atoms with E-state index in [9.17, 15) is 18.3 Å². The van der Waals surface area contributed by atoms with Crippen molar-refractivity contribution < 1.29 is 23.1 Å². The van der Waals surface area contributed by atoms with E-state index in [1.54, 1.807) is 16.4 Å². The van der Waals surface area contributed by atoms with E-state index < -0.39 is 26.2 Å². The van der Waals surface area contributed by atoms with Gasteiger partial charge in [0.1, 0.15) is 10.3 Å². The number of carboxylic acid groups (broad SMARTS) is 1. The lowest BCUT2D eigenvalue weighted by Crippen LogP contribution is -2.39. The average Bonchev–Trinajstić information content (AvgIpc) is 3.17. The van der Waals surface area contributed by atoms with Crippen LogP contribution in [0.15, 0.2) is 53.4 Å². The number of carboxylic acids is 1. The summed E-state index contributed by atoms with van der Waals surface area (Å²) in [6.07, 6.45) is 1.86. The van der Waals surface area contributed by atoms with Gasteiger partial charge >= 0.3 is 5.97 Å². The highest BCUT2D eigenvalue weighted by Crippen LogP contribution is 2.40. The molecule has 0 bridgehead atoms. The van der Waals surface area contributed by atoms with Gasteiger partial charge in [-0.25, -0.2) is 17.5 Å². The van der Waals surface area contributed by atoms with E-state index in [1.165, 1.54) is 25.6 Å². The van der Waals surface area contributed by atoms with Crippen LogP contribution in [0.25, 0.3) is 0 Å². The Kier molecular flexibility index (Phi) is 7.34. The Bertz CT molecular complexity index is 994. The van der Waals surface area contributed by atoms with Crippen LogP contribution in [0.4, 0.5) is 0 Å². The molecule has 6 nitrogen and oxygen atoms in total. The standard InChI is InChI=1S/C23H29NO5S2/c1-4-14-24(31(27,28)21-16-18-7-5-6-8-20(18)30-21)15-13-17-9-11-19(12-10-17)29-23(2,3)22(25)26/h5-12,21H,4,13-16H2,1-3H3,(H,25,26). The van der Waals surface area contributed by atoms with Gasteiger partial charge in [0.15, 0.2) is 5.60 Å². The molecule has 2 aromatic carbocycles. The minimum Gasteiger partial charge on any atom is -0.478 e. The number of carbonyl (C=O) groups is 1. The first-order valence-corrected chi connectivity index (χ1v) is 12.8. The van der Waals surface area contributed by atoms with Crippen molar-refractivity contribution in [2.24, 2.45) is 0 Å². The second-order valence-corrected chi connectivity index (χ2v) is 11.8. The lowest BCUT2D eigenvalue weighted by molar-refractivity contribution is -0.152. The molecule has 1 aliphatic heterocycles. The maximum atomic E-state index is 13.3. The third kappa shape index (κ3) is 5.61. The van der Waals surface area contributed by atoms with Crippen molar-refractivity contribution >= 4 is 27.8 Å². The van der Waals surface area contributed by atoms with E-state index in [0.29, 0.717) is 31.7 Å². The third-order valence-corrected chi connectivity index (χ3v) is 9.26. The molecule has 8 heteroatoms. The Morgan fingerprint density at radius 3 is 2.45 bits per heavy atom. The summed E-state index contributed by atoms with van der Waals surface area (Å²) < 4.78 is 33.3. The maximum absolute atomic E-state index is 13.3. The van der Waals surface area contributed by atoms with E-state index in [0.717, 1.165) is 22.4 Å². The third-order valence-electron chi connectivity index (χ3n) is 5.24. The van der Waals surface area contributed by atoms with E-state index in [2.05, 4.69) is 0 Å². The van der Waals surface area contributed by atoms with Crippen molar-refractivity contribution in [1.82, 2.24) is 4.31 Å². The lowest BCUT2D eigenvalue weighted by Gasteiger charge is -2.25. The number of fused-ring (bicyclic) bond motifs is 1. The molecule has 3 rings (SSSR count). The first kappa shape index (κ1) is 23.6. The first-order valence-electron chi connectivity index (χ1n) is 10.4. The summed E-state index contributed by atoms with van der Waals surface area (Å²) in [5.41, 5.74) is 0.751. The topological polar surface area (TPSA) is 83.9 Å². The zero-order valence-corrected chi connectivity index (χ0v) is 19.7. The van der Waals surface area contributed by atoms with Crippen LogP contribution in [0, 0.1) is 0 Å². The highest BCUT2D eigenvalue weighted by Gasteiger charge is 2.37. The Labute approximate surface area is 188 Å². The number of benzene rings is 2. The molecule has 0 amide bonds. The molecular formula is C23H29NO5S2. The van der Waals surface area contributed by atoms with E-state index in [4.69, 9.17) is 4.74 Å². The number of nitrogens with zero attached hydrogens (tertiary/aromatic N) is 1. The first-order chi connectivity index (χ1) is 14.6. The normalized spacial score (nSPS) is 16.3. The van der Waals surface area contributed by atoms with Gasteiger partial charge in [0.2, 0.25) is 10.0 Å². The van der Waals surface area contributed by atoms with Crippen molar-refractivity contribution in [1.29, 1.82) is 0 Å². The van der Waals surface area contributed by atoms with Crippen molar-refractivity contribution in [3.05, 3.63) is 59.7 Å². The van der Waals surface area contributed by atoms with Crippen LogP contribution in [0.1, 0.15) is 38.3 Å². The predicted octanol–water partition coefficient (Wildman–Crippen LogP) is 4.19. The van der Waals surface area contributed by atoms with Gasteiger partial charge in [0.25, 0.3) is 0 Å². The molecule has 1 atom stereocenters. The molecule has 0 aromatic heterocycles. The quantitative estimate of drug-likeness (QED) is 0.569. The fourth-order valence-corrected chi connectivity index (χ4v) is 7.09. The molecule has 0 aliphatic carbocycles. The van der Waals surface area contributed by atoms with E-state index in [-0.39, 0.29) is 0 Å². The molecule has 0 fully saturated rings. The van der Waals surface area contributed by atoms with Crippen molar-refractivity contribution in [2.45, 2.75) is 55.1 Å². The maximum Gasteiger partial charge on any atom is 0.347 e. The second kappa shape index (κ2) is 9.63. The van der Waals surface area contributed by atoms with Gasteiger partial charge in [-0.1, -0.05) is 37.3 Å². The van der Waals surface area contributed by atoms with Gasteiger partial charge in [-0.2, -0.15) is 0 Å². The molecule has 0 spiro atoms. The zero-order valence-electron chi connectivity index (χ0n) is 18.1. The number of hydrogen-bond acceptors (Lipinski definition) is 5.